The lowest BCUT2D eigenvalue weighted by Crippen LogP contribution is -2.48. The lowest BCUT2D eigenvalue weighted by atomic mass is 9.96. The zero-order chi connectivity index (χ0) is 14.7. The van der Waals surface area contributed by atoms with Crippen LogP contribution in [0.25, 0.3) is 10.8 Å². The lowest BCUT2D eigenvalue weighted by Gasteiger charge is -2.41. The molecule has 0 spiro atoms. The topological polar surface area (TPSA) is 38.5 Å². The van der Waals surface area contributed by atoms with Crippen LogP contribution in [0.5, 0.6) is 0 Å². The normalized spacial score (nSPS) is 21.5. The molecule has 1 aliphatic rings. The van der Waals surface area contributed by atoms with Crippen LogP contribution >= 0.6 is 0 Å². The Kier molecular flexibility index (Phi) is 4.54. The lowest BCUT2D eigenvalue weighted by molar-refractivity contribution is -0.0288. The number of hydrogen-bond acceptors (Lipinski definition) is 3. The van der Waals surface area contributed by atoms with Crippen LogP contribution in [0, 0.1) is 0 Å². The molecule has 2 aromatic rings. The van der Waals surface area contributed by atoms with Gasteiger partial charge >= 0.3 is 0 Å². The fourth-order valence-corrected chi connectivity index (χ4v) is 3.41. The molecule has 2 N–H and O–H groups in total. The molecule has 2 aromatic carbocycles. The van der Waals surface area contributed by atoms with Crippen LogP contribution in [0.2, 0.25) is 0 Å². The zero-order valence-electron chi connectivity index (χ0n) is 12.7. The monoisotopic (exact) mass is 284 g/mol. The summed E-state index contributed by atoms with van der Waals surface area (Å²) in [7, 11) is 0. The Morgan fingerprint density at radius 3 is 2.86 bits per heavy atom. The second kappa shape index (κ2) is 6.56. The van der Waals surface area contributed by atoms with Gasteiger partial charge in [-0.15, -0.1) is 0 Å². The zero-order valence-corrected chi connectivity index (χ0v) is 12.7. The van der Waals surface area contributed by atoms with Gasteiger partial charge in [0.25, 0.3) is 0 Å². The van der Waals surface area contributed by atoms with Crippen LogP contribution in [-0.4, -0.2) is 37.2 Å². The summed E-state index contributed by atoms with van der Waals surface area (Å²) in [5.74, 6) is 0. The SMILES string of the molecule is CCC1COCCN1C(CN)c1cccc2ccccc12. The van der Waals surface area contributed by atoms with Crippen molar-refractivity contribution >= 4 is 10.8 Å². The van der Waals surface area contributed by atoms with Crippen LogP contribution in [0.4, 0.5) is 0 Å². The van der Waals surface area contributed by atoms with Crippen molar-refractivity contribution in [2.75, 3.05) is 26.3 Å². The number of nitrogens with zero attached hydrogens (tertiary/aromatic N) is 1. The van der Waals surface area contributed by atoms with E-state index in [1.54, 1.807) is 0 Å². The predicted molar refractivity (Wildman–Crippen MR) is 87.3 cm³/mol. The summed E-state index contributed by atoms with van der Waals surface area (Å²) < 4.78 is 5.64. The third kappa shape index (κ3) is 2.82. The highest BCUT2D eigenvalue weighted by Crippen LogP contribution is 2.30. The highest BCUT2D eigenvalue weighted by molar-refractivity contribution is 5.86. The summed E-state index contributed by atoms with van der Waals surface area (Å²) in [6, 6.07) is 15.8. The molecule has 3 heteroatoms. The second-order valence-electron chi connectivity index (χ2n) is 5.69. The average molecular weight is 284 g/mol. The standard InChI is InChI=1S/C18H24N2O/c1-2-15-13-21-11-10-20(15)18(12-19)17-9-5-7-14-6-3-4-8-16(14)17/h3-9,15,18H,2,10-13,19H2,1H3. The molecule has 2 atom stereocenters. The number of morpholine rings is 1. The molecule has 1 saturated heterocycles. The second-order valence-corrected chi connectivity index (χ2v) is 5.69. The highest BCUT2D eigenvalue weighted by Gasteiger charge is 2.29. The van der Waals surface area contributed by atoms with E-state index in [1.165, 1.54) is 16.3 Å². The summed E-state index contributed by atoms with van der Waals surface area (Å²) >= 11 is 0. The number of fused-ring (bicyclic) bond motifs is 1. The van der Waals surface area contributed by atoms with Gasteiger partial charge in [-0.1, -0.05) is 49.4 Å². The van der Waals surface area contributed by atoms with Crippen LogP contribution in [0.3, 0.4) is 0 Å². The van der Waals surface area contributed by atoms with Crippen molar-refractivity contribution in [2.24, 2.45) is 5.73 Å². The minimum atomic E-state index is 0.268. The molecule has 1 fully saturated rings. The Balaban J connectivity index is 2.01. The van der Waals surface area contributed by atoms with Gasteiger partial charge < -0.3 is 10.5 Å². The molecule has 3 nitrogen and oxygen atoms in total. The maximum atomic E-state index is 6.16. The van der Waals surface area contributed by atoms with Crippen molar-refractivity contribution in [1.29, 1.82) is 0 Å². The first-order valence-corrected chi connectivity index (χ1v) is 7.86. The third-order valence-corrected chi connectivity index (χ3v) is 4.55. The Morgan fingerprint density at radius 1 is 1.24 bits per heavy atom. The number of rotatable bonds is 4. The molecule has 0 radical (unpaired) electrons. The Bertz CT molecular complexity index is 593. The van der Waals surface area contributed by atoms with E-state index in [4.69, 9.17) is 10.5 Å². The molecule has 1 heterocycles. The highest BCUT2D eigenvalue weighted by atomic mass is 16.5. The van der Waals surface area contributed by atoms with E-state index < -0.39 is 0 Å². The minimum absolute atomic E-state index is 0.268. The van der Waals surface area contributed by atoms with E-state index in [1.807, 2.05) is 0 Å². The van der Waals surface area contributed by atoms with E-state index in [0.29, 0.717) is 12.6 Å². The predicted octanol–water partition coefficient (Wildman–Crippen LogP) is 2.95. The summed E-state index contributed by atoms with van der Waals surface area (Å²) in [5, 5.41) is 2.60. The average Bonchev–Trinajstić information content (AvgIpc) is 2.56. The van der Waals surface area contributed by atoms with Gasteiger partial charge in [-0.05, 0) is 22.8 Å². The van der Waals surface area contributed by atoms with Gasteiger partial charge in [-0.2, -0.15) is 0 Å². The van der Waals surface area contributed by atoms with Gasteiger partial charge in [0.05, 0.1) is 13.2 Å². The molecule has 112 valence electrons. The van der Waals surface area contributed by atoms with Crippen LogP contribution in [0.1, 0.15) is 24.9 Å². The number of nitrogens with two attached hydrogens (primary N) is 1. The maximum absolute atomic E-state index is 6.16. The molecule has 1 aliphatic heterocycles. The number of ether oxygens (including phenoxy) is 1. The van der Waals surface area contributed by atoms with Gasteiger partial charge in [0.1, 0.15) is 0 Å². The minimum Gasteiger partial charge on any atom is -0.378 e. The summed E-state index contributed by atoms with van der Waals surface area (Å²) in [6.45, 7) is 5.45. The first-order chi connectivity index (χ1) is 10.3. The largest absolute Gasteiger partial charge is 0.378 e. The van der Waals surface area contributed by atoms with Gasteiger partial charge in [0.2, 0.25) is 0 Å². The van der Waals surface area contributed by atoms with Crippen molar-refractivity contribution in [3.05, 3.63) is 48.0 Å². The van der Waals surface area contributed by atoms with Gasteiger partial charge in [0.15, 0.2) is 0 Å². The van der Waals surface area contributed by atoms with E-state index >= 15 is 0 Å². The van der Waals surface area contributed by atoms with Crippen molar-refractivity contribution in [3.8, 4) is 0 Å². The molecule has 0 bridgehead atoms. The van der Waals surface area contributed by atoms with Crippen LogP contribution in [-0.2, 0) is 4.74 Å². The first kappa shape index (κ1) is 14.5. The summed E-state index contributed by atoms with van der Waals surface area (Å²) in [4.78, 5) is 2.53. The number of benzene rings is 2. The Hall–Kier alpha value is -1.42. The van der Waals surface area contributed by atoms with E-state index in [2.05, 4.69) is 54.3 Å². The first-order valence-electron chi connectivity index (χ1n) is 7.86. The smallest absolute Gasteiger partial charge is 0.0622 e. The number of hydrogen-bond donors (Lipinski definition) is 1. The maximum Gasteiger partial charge on any atom is 0.0622 e. The fraction of sp³-hybridized carbons (Fsp3) is 0.444. The molecule has 3 rings (SSSR count). The van der Waals surface area contributed by atoms with Crippen LogP contribution in [0.15, 0.2) is 42.5 Å². The molecule has 0 amide bonds. The van der Waals surface area contributed by atoms with Crippen molar-refractivity contribution < 1.29 is 4.74 Å². The van der Waals surface area contributed by atoms with Crippen molar-refractivity contribution in [2.45, 2.75) is 25.4 Å². The van der Waals surface area contributed by atoms with Gasteiger partial charge in [-0.3, -0.25) is 4.90 Å². The van der Waals surface area contributed by atoms with Gasteiger partial charge in [0, 0.05) is 25.2 Å². The molecule has 0 saturated carbocycles. The molecule has 2 unspecified atom stereocenters. The van der Waals surface area contributed by atoms with E-state index in [0.717, 1.165) is 26.2 Å². The molecule has 0 aliphatic carbocycles. The molecular formula is C18H24N2O. The molecule has 0 aromatic heterocycles. The fourth-order valence-electron chi connectivity index (χ4n) is 3.41. The van der Waals surface area contributed by atoms with Crippen LogP contribution < -0.4 is 5.73 Å². The quantitative estimate of drug-likeness (QED) is 0.938. The van der Waals surface area contributed by atoms with E-state index in [9.17, 15) is 0 Å². The summed E-state index contributed by atoms with van der Waals surface area (Å²) in [6.07, 6.45) is 1.10. The van der Waals surface area contributed by atoms with Gasteiger partial charge in [-0.25, -0.2) is 0 Å². The van der Waals surface area contributed by atoms with Crippen molar-refractivity contribution in [1.82, 2.24) is 4.90 Å². The summed E-state index contributed by atoms with van der Waals surface area (Å²) in [5.41, 5.74) is 7.50. The molecular weight excluding hydrogens is 260 g/mol. The Labute approximate surface area is 126 Å². The Morgan fingerprint density at radius 2 is 2.05 bits per heavy atom. The van der Waals surface area contributed by atoms with E-state index in [-0.39, 0.29) is 6.04 Å². The van der Waals surface area contributed by atoms with Crippen molar-refractivity contribution in [3.63, 3.8) is 0 Å². The molecule has 21 heavy (non-hydrogen) atoms. The third-order valence-electron chi connectivity index (χ3n) is 4.55.